The molecule has 0 saturated heterocycles. The van der Waals surface area contributed by atoms with Crippen molar-refractivity contribution in [3.8, 4) is 11.6 Å². The zero-order valence-corrected chi connectivity index (χ0v) is 12.0. The van der Waals surface area contributed by atoms with Gasteiger partial charge in [-0.2, -0.15) is 5.10 Å². The molecule has 0 atom stereocenters. The third-order valence-electron chi connectivity index (χ3n) is 2.77. The van der Waals surface area contributed by atoms with Gasteiger partial charge in [0.2, 0.25) is 5.88 Å². The van der Waals surface area contributed by atoms with Crippen LogP contribution in [0.3, 0.4) is 0 Å². The van der Waals surface area contributed by atoms with Crippen LogP contribution in [-0.4, -0.2) is 20.5 Å². The topological polar surface area (TPSA) is 120 Å². The van der Waals surface area contributed by atoms with E-state index in [-0.39, 0.29) is 28.2 Å². The summed E-state index contributed by atoms with van der Waals surface area (Å²) in [4.78, 5) is 10.1. The van der Waals surface area contributed by atoms with Gasteiger partial charge < -0.3 is 10.5 Å². The van der Waals surface area contributed by atoms with Crippen LogP contribution in [0.5, 0.6) is 11.6 Å². The highest BCUT2D eigenvalue weighted by molar-refractivity contribution is 6.32. The quantitative estimate of drug-likeness (QED) is 0.389. The Morgan fingerprint density at radius 1 is 1.57 bits per heavy atom. The number of amidine groups is 1. The van der Waals surface area contributed by atoms with E-state index in [0.29, 0.717) is 11.3 Å². The van der Waals surface area contributed by atoms with Crippen molar-refractivity contribution in [1.82, 2.24) is 9.78 Å². The molecule has 0 unspecified atom stereocenters. The number of non-ortho nitro benzene ring substituents is 1. The van der Waals surface area contributed by atoms with Crippen LogP contribution in [0.15, 0.2) is 18.2 Å². The van der Waals surface area contributed by atoms with Crippen LogP contribution in [0.4, 0.5) is 5.69 Å². The summed E-state index contributed by atoms with van der Waals surface area (Å²) in [6.07, 6.45) is 0. The van der Waals surface area contributed by atoms with E-state index in [1.807, 2.05) is 0 Å². The molecule has 21 heavy (non-hydrogen) atoms. The van der Waals surface area contributed by atoms with Crippen molar-refractivity contribution in [3.63, 3.8) is 0 Å². The maximum Gasteiger partial charge on any atom is 0.271 e. The molecule has 8 nitrogen and oxygen atoms in total. The average Bonchev–Trinajstić information content (AvgIpc) is 2.66. The minimum absolute atomic E-state index is 0.0811. The number of nitrogens with zero attached hydrogens (tertiary/aromatic N) is 3. The van der Waals surface area contributed by atoms with Crippen LogP contribution in [0.2, 0.25) is 5.02 Å². The van der Waals surface area contributed by atoms with Crippen LogP contribution in [0.25, 0.3) is 0 Å². The Morgan fingerprint density at radius 3 is 2.76 bits per heavy atom. The van der Waals surface area contributed by atoms with E-state index in [4.69, 9.17) is 27.5 Å². The highest BCUT2D eigenvalue weighted by Gasteiger charge is 2.19. The van der Waals surface area contributed by atoms with Gasteiger partial charge in [0.1, 0.15) is 17.1 Å². The SMILES string of the molecule is Cc1nn(C)c(Oc2ccc([N+](=O)[O-])cc2Cl)c1C(=N)N. The van der Waals surface area contributed by atoms with Gasteiger partial charge >= 0.3 is 0 Å². The number of hydrogen-bond acceptors (Lipinski definition) is 5. The highest BCUT2D eigenvalue weighted by Crippen LogP contribution is 2.34. The minimum atomic E-state index is -0.551. The number of halogens is 1. The molecule has 1 heterocycles. The van der Waals surface area contributed by atoms with Crippen molar-refractivity contribution in [1.29, 1.82) is 5.41 Å². The molecule has 0 amide bonds. The van der Waals surface area contributed by atoms with Gasteiger partial charge in [0.25, 0.3) is 5.69 Å². The second kappa shape index (κ2) is 5.41. The van der Waals surface area contributed by atoms with E-state index in [9.17, 15) is 10.1 Å². The maximum atomic E-state index is 10.7. The molecule has 3 N–H and O–H groups in total. The molecule has 110 valence electrons. The number of benzene rings is 1. The number of aromatic nitrogens is 2. The van der Waals surface area contributed by atoms with Crippen LogP contribution in [-0.2, 0) is 7.05 Å². The van der Waals surface area contributed by atoms with Crippen molar-refractivity contribution in [2.75, 3.05) is 0 Å². The summed E-state index contributed by atoms with van der Waals surface area (Å²) in [5.74, 6) is 0.275. The van der Waals surface area contributed by atoms with Gasteiger partial charge in [-0.1, -0.05) is 11.6 Å². The smallest absolute Gasteiger partial charge is 0.271 e. The maximum absolute atomic E-state index is 10.7. The number of rotatable bonds is 4. The Balaban J connectivity index is 2.44. The standard InChI is InChI=1S/C12H12ClN5O3/c1-6-10(11(14)15)12(17(2)16-6)21-9-4-3-7(18(19)20)5-8(9)13/h3-5H,1-2H3,(H3,14,15). The van der Waals surface area contributed by atoms with Gasteiger partial charge in [0, 0.05) is 19.2 Å². The number of nitrogen functional groups attached to an aromatic ring is 1. The normalized spacial score (nSPS) is 10.4. The summed E-state index contributed by atoms with van der Waals surface area (Å²) in [6.45, 7) is 1.70. The predicted molar refractivity (Wildman–Crippen MR) is 77.1 cm³/mol. The Labute approximate surface area is 124 Å². The molecule has 0 aliphatic carbocycles. The number of aryl methyl sites for hydroxylation is 2. The van der Waals surface area contributed by atoms with E-state index in [0.717, 1.165) is 0 Å². The van der Waals surface area contributed by atoms with Gasteiger partial charge in [-0.15, -0.1) is 0 Å². The average molecular weight is 310 g/mol. The van der Waals surface area contributed by atoms with Gasteiger partial charge in [-0.05, 0) is 13.0 Å². The summed E-state index contributed by atoms with van der Waals surface area (Å²) >= 11 is 5.97. The number of nitrogens with one attached hydrogen (secondary N) is 1. The molecule has 0 fully saturated rings. The zero-order valence-electron chi connectivity index (χ0n) is 11.3. The fourth-order valence-electron chi connectivity index (χ4n) is 1.85. The van der Waals surface area contributed by atoms with Crippen LogP contribution in [0.1, 0.15) is 11.3 Å². The van der Waals surface area contributed by atoms with Gasteiger partial charge in [-0.3, -0.25) is 15.5 Å². The molecule has 0 saturated carbocycles. The largest absolute Gasteiger partial charge is 0.437 e. The molecule has 2 aromatic rings. The number of hydrogen-bond donors (Lipinski definition) is 2. The third kappa shape index (κ3) is 2.79. The van der Waals surface area contributed by atoms with E-state index in [2.05, 4.69) is 5.10 Å². The van der Waals surface area contributed by atoms with Gasteiger partial charge in [-0.25, -0.2) is 4.68 Å². The molecule has 0 spiro atoms. The highest BCUT2D eigenvalue weighted by atomic mass is 35.5. The fourth-order valence-corrected chi connectivity index (χ4v) is 2.07. The molecule has 0 aliphatic heterocycles. The van der Waals surface area contributed by atoms with E-state index in [1.165, 1.54) is 22.9 Å². The van der Waals surface area contributed by atoms with Crippen molar-refractivity contribution >= 4 is 23.1 Å². The molecule has 0 aliphatic rings. The monoisotopic (exact) mass is 309 g/mol. The first-order valence-electron chi connectivity index (χ1n) is 5.81. The second-order valence-corrected chi connectivity index (χ2v) is 4.68. The zero-order chi connectivity index (χ0) is 15.7. The first-order valence-corrected chi connectivity index (χ1v) is 6.19. The number of nitro benzene ring substituents is 1. The minimum Gasteiger partial charge on any atom is -0.437 e. The van der Waals surface area contributed by atoms with E-state index < -0.39 is 4.92 Å². The van der Waals surface area contributed by atoms with Crippen molar-refractivity contribution in [3.05, 3.63) is 44.6 Å². The van der Waals surface area contributed by atoms with E-state index >= 15 is 0 Å². The Morgan fingerprint density at radius 2 is 2.24 bits per heavy atom. The molecule has 1 aromatic carbocycles. The van der Waals surface area contributed by atoms with Crippen molar-refractivity contribution < 1.29 is 9.66 Å². The summed E-state index contributed by atoms with van der Waals surface area (Å²) in [5, 5.41) is 22.4. The lowest BCUT2D eigenvalue weighted by atomic mass is 10.2. The second-order valence-electron chi connectivity index (χ2n) is 4.28. The van der Waals surface area contributed by atoms with Crippen LogP contribution < -0.4 is 10.5 Å². The summed E-state index contributed by atoms with van der Waals surface area (Å²) < 4.78 is 7.03. The van der Waals surface area contributed by atoms with Crippen LogP contribution in [0, 0.1) is 22.4 Å². The number of nitrogens with two attached hydrogens (primary N) is 1. The third-order valence-corrected chi connectivity index (χ3v) is 3.07. The summed E-state index contributed by atoms with van der Waals surface area (Å²) in [7, 11) is 1.63. The first kappa shape index (κ1) is 14.8. The molecule has 0 bridgehead atoms. The van der Waals surface area contributed by atoms with Gasteiger partial charge in [0.05, 0.1) is 15.6 Å². The Bertz CT molecular complexity index is 741. The van der Waals surface area contributed by atoms with Crippen LogP contribution >= 0.6 is 11.6 Å². The van der Waals surface area contributed by atoms with Crippen molar-refractivity contribution in [2.45, 2.75) is 6.92 Å². The number of nitro groups is 1. The molecule has 1 aromatic heterocycles. The lowest BCUT2D eigenvalue weighted by molar-refractivity contribution is -0.384. The summed E-state index contributed by atoms with van der Waals surface area (Å²) in [5.41, 5.74) is 6.27. The molecule has 0 radical (unpaired) electrons. The lowest BCUT2D eigenvalue weighted by Gasteiger charge is -2.09. The number of ether oxygens (including phenoxy) is 1. The van der Waals surface area contributed by atoms with Gasteiger partial charge in [0.15, 0.2) is 0 Å². The van der Waals surface area contributed by atoms with E-state index in [1.54, 1.807) is 14.0 Å². The van der Waals surface area contributed by atoms with Crippen molar-refractivity contribution in [2.24, 2.45) is 12.8 Å². The summed E-state index contributed by atoms with van der Waals surface area (Å²) in [6, 6.07) is 3.85. The Kier molecular flexibility index (Phi) is 3.81. The molecule has 2 rings (SSSR count). The molecular formula is C12H12ClN5O3. The predicted octanol–water partition coefficient (Wildman–Crippen LogP) is 2.37. The Hall–Kier alpha value is -2.61. The lowest BCUT2D eigenvalue weighted by Crippen LogP contribution is -2.13. The first-order chi connectivity index (χ1) is 9.81. The molecule has 9 heteroatoms. The fraction of sp³-hybridized carbons (Fsp3) is 0.167. The molecular weight excluding hydrogens is 298 g/mol.